The highest BCUT2D eigenvalue weighted by molar-refractivity contribution is 5.31. The van der Waals surface area contributed by atoms with E-state index in [1.54, 1.807) is 19.1 Å². The van der Waals surface area contributed by atoms with Gasteiger partial charge in [0.05, 0.1) is 0 Å². The van der Waals surface area contributed by atoms with Gasteiger partial charge in [-0.25, -0.2) is 8.78 Å². The summed E-state index contributed by atoms with van der Waals surface area (Å²) in [5.41, 5.74) is -0.313. The molecule has 1 nitrogen and oxygen atoms in total. The summed E-state index contributed by atoms with van der Waals surface area (Å²) in [5, 5.41) is 0. The molecule has 0 atom stereocenters. The second-order valence-corrected chi connectivity index (χ2v) is 4.54. The van der Waals surface area contributed by atoms with E-state index < -0.39 is 23.3 Å². The van der Waals surface area contributed by atoms with Crippen LogP contribution in [0.2, 0.25) is 0 Å². The summed E-state index contributed by atoms with van der Waals surface area (Å²) in [4.78, 5) is 0. The van der Waals surface area contributed by atoms with Crippen LogP contribution in [0.4, 0.5) is 17.6 Å². The van der Waals surface area contributed by atoms with Gasteiger partial charge in [0.25, 0.3) is 0 Å². The maximum atomic E-state index is 13.9. The fraction of sp³-hybridized carbons (Fsp3) is 0.200. The molecular weight excluding hydrogens is 272 g/mol. The van der Waals surface area contributed by atoms with Crippen molar-refractivity contribution in [2.75, 3.05) is 0 Å². The highest BCUT2D eigenvalue weighted by Crippen LogP contribution is 2.35. The van der Waals surface area contributed by atoms with Crippen molar-refractivity contribution in [3.8, 4) is 5.75 Å². The van der Waals surface area contributed by atoms with Crippen LogP contribution >= 0.6 is 0 Å². The van der Waals surface area contributed by atoms with E-state index in [4.69, 9.17) is 0 Å². The molecule has 0 bridgehead atoms. The molecule has 2 rings (SSSR count). The first-order valence-electron chi connectivity index (χ1n) is 5.89. The van der Waals surface area contributed by atoms with Crippen molar-refractivity contribution in [1.29, 1.82) is 0 Å². The Morgan fingerprint density at radius 2 is 1.35 bits per heavy atom. The molecule has 106 valence electrons. The first kappa shape index (κ1) is 14.4. The molecule has 0 amide bonds. The van der Waals surface area contributed by atoms with E-state index >= 15 is 0 Å². The first-order chi connectivity index (χ1) is 9.29. The van der Waals surface area contributed by atoms with Gasteiger partial charge in [-0.2, -0.15) is 8.78 Å². The Bertz CT molecular complexity index is 597. The number of alkyl halides is 2. The number of rotatable bonds is 3. The Hall–Kier alpha value is -2.04. The van der Waals surface area contributed by atoms with Crippen LogP contribution in [0.5, 0.6) is 5.75 Å². The zero-order valence-corrected chi connectivity index (χ0v) is 10.9. The molecule has 0 aliphatic heterocycles. The third kappa shape index (κ3) is 2.92. The quantitative estimate of drug-likeness (QED) is 0.742. The van der Waals surface area contributed by atoms with Crippen molar-refractivity contribution in [2.45, 2.75) is 20.0 Å². The van der Waals surface area contributed by atoms with Crippen LogP contribution in [0.15, 0.2) is 36.4 Å². The smallest absolute Gasteiger partial charge is 0.429 e. The Balaban J connectivity index is 2.37. The lowest BCUT2D eigenvalue weighted by molar-refractivity contribution is -0.189. The lowest BCUT2D eigenvalue weighted by atomic mass is 10.1. The number of benzene rings is 2. The van der Waals surface area contributed by atoms with Gasteiger partial charge in [0.2, 0.25) is 0 Å². The maximum Gasteiger partial charge on any atom is 0.432 e. The Morgan fingerprint density at radius 3 is 1.85 bits per heavy atom. The number of hydrogen-bond donors (Lipinski definition) is 0. The molecule has 0 N–H and O–H groups in total. The first-order valence-corrected chi connectivity index (χ1v) is 5.89. The molecule has 0 spiro atoms. The highest BCUT2D eigenvalue weighted by Gasteiger charge is 2.40. The van der Waals surface area contributed by atoms with E-state index in [0.717, 1.165) is 17.7 Å². The van der Waals surface area contributed by atoms with Crippen molar-refractivity contribution >= 4 is 0 Å². The van der Waals surface area contributed by atoms with Gasteiger partial charge in [-0.1, -0.05) is 17.7 Å². The van der Waals surface area contributed by atoms with Crippen LogP contribution in [0.3, 0.4) is 0 Å². The van der Waals surface area contributed by atoms with Crippen LogP contribution in [-0.4, -0.2) is 0 Å². The summed E-state index contributed by atoms with van der Waals surface area (Å²) in [7, 11) is 0. The predicted molar refractivity (Wildman–Crippen MR) is 66.8 cm³/mol. The number of ether oxygens (including phenoxy) is 1. The largest absolute Gasteiger partial charge is 0.432 e. The van der Waals surface area contributed by atoms with E-state index in [2.05, 4.69) is 4.74 Å². The molecule has 20 heavy (non-hydrogen) atoms. The highest BCUT2D eigenvalue weighted by atomic mass is 19.3. The Labute approximate surface area is 113 Å². The number of halogens is 4. The summed E-state index contributed by atoms with van der Waals surface area (Å²) in [6.07, 6.45) is -4.09. The monoisotopic (exact) mass is 284 g/mol. The average Bonchev–Trinajstić information content (AvgIpc) is 2.30. The summed E-state index contributed by atoms with van der Waals surface area (Å²) in [6.45, 7) is 3.19. The standard InChI is InChI=1S/C15H12F4O/c1-9-3-5-11(6-4-9)20-15(18,19)14-12(16)7-10(2)8-13(14)17/h3-8H,1-2H3. The van der Waals surface area contributed by atoms with E-state index in [0.29, 0.717) is 0 Å². The average molecular weight is 284 g/mol. The van der Waals surface area contributed by atoms with Gasteiger partial charge in [0.15, 0.2) is 0 Å². The third-order valence-corrected chi connectivity index (χ3v) is 2.74. The normalized spacial score (nSPS) is 11.5. The van der Waals surface area contributed by atoms with Gasteiger partial charge in [-0.3, -0.25) is 0 Å². The van der Waals surface area contributed by atoms with Gasteiger partial charge in [0.1, 0.15) is 22.9 Å². The van der Waals surface area contributed by atoms with E-state index in [1.807, 2.05) is 0 Å². The van der Waals surface area contributed by atoms with Crippen LogP contribution in [0.1, 0.15) is 16.7 Å². The van der Waals surface area contributed by atoms with Crippen molar-refractivity contribution in [3.05, 3.63) is 64.7 Å². The summed E-state index contributed by atoms with van der Waals surface area (Å²) < 4.78 is 59.4. The predicted octanol–water partition coefficient (Wildman–Crippen LogP) is 4.71. The van der Waals surface area contributed by atoms with Crippen molar-refractivity contribution < 1.29 is 22.3 Å². The topological polar surface area (TPSA) is 9.23 Å². The van der Waals surface area contributed by atoms with E-state index in [1.165, 1.54) is 19.1 Å². The molecule has 0 radical (unpaired) electrons. The molecule has 0 fully saturated rings. The van der Waals surface area contributed by atoms with Crippen molar-refractivity contribution in [3.63, 3.8) is 0 Å². The fourth-order valence-electron chi connectivity index (χ4n) is 1.78. The van der Waals surface area contributed by atoms with Gasteiger partial charge in [-0.05, 0) is 43.7 Å². The fourth-order valence-corrected chi connectivity index (χ4v) is 1.78. The SMILES string of the molecule is Cc1ccc(OC(F)(F)c2c(F)cc(C)cc2F)cc1. The molecule has 0 aromatic heterocycles. The molecule has 0 saturated carbocycles. The molecule has 0 saturated heterocycles. The third-order valence-electron chi connectivity index (χ3n) is 2.74. The van der Waals surface area contributed by atoms with E-state index in [-0.39, 0.29) is 11.3 Å². The van der Waals surface area contributed by atoms with Crippen LogP contribution in [-0.2, 0) is 6.11 Å². The second kappa shape index (κ2) is 5.15. The van der Waals surface area contributed by atoms with Crippen molar-refractivity contribution in [2.24, 2.45) is 0 Å². The molecule has 5 heteroatoms. The van der Waals surface area contributed by atoms with Crippen LogP contribution < -0.4 is 4.74 Å². The summed E-state index contributed by atoms with van der Waals surface area (Å²) >= 11 is 0. The Kier molecular flexibility index (Phi) is 3.70. The molecule has 2 aromatic carbocycles. The number of aryl methyl sites for hydroxylation is 2. The lowest BCUT2D eigenvalue weighted by Gasteiger charge is -2.19. The van der Waals surface area contributed by atoms with Crippen LogP contribution in [0, 0.1) is 25.5 Å². The van der Waals surface area contributed by atoms with Gasteiger partial charge >= 0.3 is 6.11 Å². The van der Waals surface area contributed by atoms with E-state index in [9.17, 15) is 17.6 Å². The second-order valence-electron chi connectivity index (χ2n) is 4.54. The minimum atomic E-state index is -4.09. The molecule has 0 aliphatic rings. The molecule has 0 unspecified atom stereocenters. The zero-order valence-electron chi connectivity index (χ0n) is 10.9. The van der Waals surface area contributed by atoms with Crippen molar-refractivity contribution in [1.82, 2.24) is 0 Å². The molecule has 0 heterocycles. The van der Waals surface area contributed by atoms with Gasteiger partial charge < -0.3 is 4.74 Å². The summed E-state index contributed by atoms with van der Waals surface area (Å²) in [5.74, 6) is -2.83. The number of hydrogen-bond acceptors (Lipinski definition) is 1. The molecular formula is C15H12F4O. The van der Waals surface area contributed by atoms with Crippen LogP contribution in [0.25, 0.3) is 0 Å². The minimum absolute atomic E-state index is 0.167. The zero-order chi connectivity index (χ0) is 14.9. The maximum absolute atomic E-state index is 13.9. The Morgan fingerprint density at radius 1 is 0.850 bits per heavy atom. The lowest BCUT2D eigenvalue weighted by Crippen LogP contribution is -2.25. The summed E-state index contributed by atoms with van der Waals surface area (Å²) in [6, 6.07) is 7.43. The molecule has 2 aromatic rings. The molecule has 0 aliphatic carbocycles. The van der Waals surface area contributed by atoms with Gasteiger partial charge in [-0.15, -0.1) is 0 Å². The van der Waals surface area contributed by atoms with Gasteiger partial charge in [0, 0.05) is 0 Å². The minimum Gasteiger partial charge on any atom is -0.429 e.